The smallest absolute Gasteiger partial charge is 0.271 e. The lowest BCUT2D eigenvalue weighted by Crippen LogP contribution is -2.35. The van der Waals surface area contributed by atoms with Crippen LogP contribution in [0.4, 0.5) is 5.82 Å². The number of aromatic amines is 1. The van der Waals surface area contributed by atoms with Gasteiger partial charge >= 0.3 is 0 Å². The van der Waals surface area contributed by atoms with Crippen molar-refractivity contribution in [2.75, 3.05) is 31.1 Å². The monoisotopic (exact) mass is 268 g/mol. The van der Waals surface area contributed by atoms with Crippen LogP contribution < -0.4 is 10.5 Å². The van der Waals surface area contributed by atoms with Gasteiger partial charge in [-0.15, -0.1) is 0 Å². The molecule has 1 atom stereocenters. The summed E-state index contributed by atoms with van der Waals surface area (Å²) in [5.41, 5.74) is -0.258. The number of nitrogens with zero attached hydrogens (tertiary/aromatic N) is 3. The average molecular weight is 269 g/mol. The minimum atomic E-state index is -0.258. The lowest BCUT2D eigenvalue weighted by atomic mass is 10.2. The highest BCUT2D eigenvalue weighted by atomic mass is 35.5. The van der Waals surface area contributed by atoms with Crippen molar-refractivity contribution >= 4 is 17.4 Å². The molecule has 0 aliphatic carbocycles. The van der Waals surface area contributed by atoms with Crippen LogP contribution >= 0.6 is 11.6 Å². The zero-order chi connectivity index (χ0) is 12.5. The number of rotatable bonds is 2. The van der Waals surface area contributed by atoms with E-state index in [1.807, 2.05) is 0 Å². The second-order valence-corrected chi connectivity index (χ2v) is 5.38. The van der Waals surface area contributed by atoms with Crippen molar-refractivity contribution in [1.29, 1.82) is 0 Å². The molecular weight excluding hydrogens is 252 g/mol. The van der Waals surface area contributed by atoms with Gasteiger partial charge in [0.2, 0.25) is 0 Å². The fourth-order valence-electron chi connectivity index (χ4n) is 2.93. The predicted molar refractivity (Wildman–Crippen MR) is 71.3 cm³/mol. The minimum absolute atomic E-state index is 0.208. The third-order valence-corrected chi connectivity index (χ3v) is 4.24. The van der Waals surface area contributed by atoms with Gasteiger partial charge in [0.05, 0.1) is 6.33 Å². The van der Waals surface area contributed by atoms with Gasteiger partial charge in [0.25, 0.3) is 5.56 Å². The van der Waals surface area contributed by atoms with Crippen molar-refractivity contribution in [3.05, 3.63) is 21.7 Å². The lowest BCUT2D eigenvalue weighted by Gasteiger charge is -2.24. The summed E-state index contributed by atoms with van der Waals surface area (Å²) in [5.74, 6) is 0.627. The third-order valence-electron chi connectivity index (χ3n) is 3.90. The molecule has 1 aromatic rings. The van der Waals surface area contributed by atoms with Crippen LogP contribution in [0.3, 0.4) is 0 Å². The van der Waals surface area contributed by atoms with Crippen LogP contribution in [0.1, 0.15) is 19.3 Å². The predicted octanol–water partition coefficient (Wildman–Crippen LogP) is 1.10. The highest BCUT2D eigenvalue weighted by Gasteiger charge is 2.30. The van der Waals surface area contributed by atoms with Crippen LogP contribution in [0.5, 0.6) is 0 Å². The molecule has 0 spiro atoms. The Hall–Kier alpha value is -1.07. The number of hydrogen-bond acceptors (Lipinski definition) is 4. The lowest BCUT2D eigenvalue weighted by molar-refractivity contribution is 0.260. The Morgan fingerprint density at radius 1 is 1.33 bits per heavy atom. The normalized spacial score (nSPS) is 24.9. The summed E-state index contributed by atoms with van der Waals surface area (Å²) in [6.07, 6.45) is 5.17. The summed E-state index contributed by atoms with van der Waals surface area (Å²) < 4.78 is 0. The van der Waals surface area contributed by atoms with E-state index in [0.29, 0.717) is 11.9 Å². The van der Waals surface area contributed by atoms with Crippen LogP contribution in [0, 0.1) is 0 Å². The molecule has 2 saturated heterocycles. The van der Waals surface area contributed by atoms with E-state index >= 15 is 0 Å². The highest BCUT2D eigenvalue weighted by molar-refractivity contribution is 6.32. The highest BCUT2D eigenvalue weighted by Crippen LogP contribution is 2.26. The summed E-state index contributed by atoms with van der Waals surface area (Å²) in [6, 6.07) is 0.588. The van der Waals surface area contributed by atoms with Gasteiger partial charge in [0, 0.05) is 19.1 Å². The average Bonchev–Trinajstić information content (AvgIpc) is 3.01. The topological polar surface area (TPSA) is 52.2 Å². The quantitative estimate of drug-likeness (QED) is 0.873. The first kappa shape index (κ1) is 12.0. The van der Waals surface area contributed by atoms with Crippen LogP contribution in [-0.2, 0) is 0 Å². The molecule has 1 N–H and O–H groups in total. The molecule has 0 aromatic carbocycles. The molecule has 3 rings (SSSR count). The Labute approximate surface area is 111 Å². The van der Waals surface area contributed by atoms with E-state index in [1.165, 1.54) is 32.3 Å². The van der Waals surface area contributed by atoms with Gasteiger partial charge in [0.1, 0.15) is 5.02 Å². The molecular formula is C12H17ClN4O. The SMILES string of the molecule is O=c1[nH]cnc(N2CCC(N3CCCC3)C2)c1Cl. The van der Waals surface area contributed by atoms with Crippen molar-refractivity contribution in [2.24, 2.45) is 0 Å². The second-order valence-electron chi connectivity index (χ2n) is 5.00. The van der Waals surface area contributed by atoms with E-state index in [-0.39, 0.29) is 10.6 Å². The third kappa shape index (κ3) is 2.12. The largest absolute Gasteiger partial charge is 0.354 e. The molecule has 1 unspecified atom stereocenters. The molecule has 2 aliphatic heterocycles. The summed E-state index contributed by atoms with van der Waals surface area (Å²) in [4.78, 5) is 22.8. The van der Waals surface area contributed by atoms with Crippen LogP contribution in [-0.4, -0.2) is 47.1 Å². The van der Waals surface area contributed by atoms with Crippen molar-refractivity contribution in [3.8, 4) is 0 Å². The van der Waals surface area contributed by atoms with Crippen LogP contribution in [0.25, 0.3) is 0 Å². The van der Waals surface area contributed by atoms with Crippen LogP contribution in [0.2, 0.25) is 5.02 Å². The number of hydrogen-bond donors (Lipinski definition) is 1. The number of anilines is 1. The molecule has 98 valence electrons. The standard InChI is InChI=1S/C12H17ClN4O/c13-10-11(14-8-15-12(10)18)17-6-3-9(7-17)16-4-1-2-5-16/h8-9H,1-7H2,(H,14,15,18). The first-order valence-electron chi connectivity index (χ1n) is 6.48. The first-order chi connectivity index (χ1) is 8.75. The van der Waals surface area contributed by atoms with E-state index in [9.17, 15) is 4.79 Å². The van der Waals surface area contributed by atoms with Gasteiger partial charge in [-0.2, -0.15) is 0 Å². The van der Waals surface area contributed by atoms with E-state index in [2.05, 4.69) is 19.8 Å². The molecule has 2 aliphatic rings. The molecule has 0 saturated carbocycles. The maximum atomic E-state index is 11.5. The summed E-state index contributed by atoms with van der Waals surface area (Å²) in [6.45, 7) is 4.26. The zero-order valence-corrected chi connectivity index (χ0v) is 11.0. The fraction of sp³-hybridized carbons (Fsp3) is 0.667. The summed E-state index contributed by atoms with van der Waals surface area (Å²) >= 11 is 6.02. The Morgan fingerprint density at radius 3 is 2.89 bits per heavy atom. The minimum Gasteiger partial charge on any atom is -0.354 e. The van der Waals surface area contributed by atoms with Gasteiger partial charge < -0.3 is 9.88 Å². The molecule has 0 amide bonds. The number of halogens is 1. The number of likely N-dealkylation sites (tertiary alicyclic amines) is 1. The molecule has 1 aromatic heterocycles. The first-order valence-corrected chi connectivity index (χ1v) is 6.85. The van der Waals surface area contributed by atoms with Gasteiger partial charge in [-0.25, -0.2) is 4.98 Å². The summed E-state index contributed by atoms with van der Waals surface area (Å²) in [5, 5.41) is 0.208. The molecule has 5 nitrogen and oxygen atoms in total. The van der Waals surface area contributed by atoms with E-state index in [0.717, 1.165) is 19.5 Å². The number of H-pyrrole nitrogens is 1. The van der Waals surface area contributed by atoms with Crippen molar-refractivity contribution in [2.45, 2.75) is 25.3 Å². The van der Waals surface area contributed by atoms with Crippen molar-refractivity contribution in [1.82, 2.24) is 14.9 Å². The molecule has 0 radical (unpaired) electrons. The zero-order valence-electron chi connectivity index (χ0n) is 10.2. The van der Waals surface area contributed by atoms with Gasteiger partial charge in [0.15, 0.2) is 5.82 Å². The maximum absolute atomic E-state index is 11.5. The summed E-state index contributed by atoms with van der Waals surface area (Å²) in [7, 11) is 0. The Balaban J connectivity index is 1.75. The molecule has 0 bridgehead atoms. The Morgan fingerprint density at radius 2 is 2.11 bits per heavy atom. The Bertz CT molecular complexity index is 483. The fourth-order valence-corrected chi connectivity index (χ4v) is 3.16. The van der Waals surface area contributed by atoms with Crippen LogP contribution in [0.15, 0.2) is 11.1 Å². The molecule has 6 heteroatoms. The van der Waals surface area contributed by atoms with E-state index in [1.54, 1.807) is 0 Å². The maximum Gasteiger partial charge on any atom is 0.271 e. The van der Waals surface area contributed by atoms with Crippen molar-refractivity contribution in [3.63, 3.8) is 0 Å². The van der Waals surface area contributed by atoms with Gasteiger partial charge in [-0.05, 0) is 32.4 Å². The molecule has 2 fully saturated rings. The second kappa shape index (κ2) is 4.90. The van der Waals surface area contributed by atoms with E-state index < -0.39 is 0 Å². The Kier molecular flexibility index (Phi) is 3.26. The van der Waals surface area contributed by atoms with E-state index in [4.69, 9.17) is 11.6 Å². The molecule has 18 heavy (non-hydrogen) atoms. The van der Waals surface area contributed by atoms with Gasteiger partial charge in [-0.3, -0.25) is 9.69 Å². The number of aromatic nitrogens is 2. The molecule has 3 heterocycles. The van der Waals surface area contributed by atoms with Gasteiger partial charge in [-0.1, -0.05) is 11.6 Å². The number of nitrogens with one attached hydrogen (secondary N) is 1. The van der Waals surface area contributed by atoms with Crippen molar-refractivity contribution < 1.29 is 0 Å².